The molecule has 0 unspecified atom stereocenters. The molecule has 0 saturated carbocycles. The quantitative estimate of drug-likeness (QED) is 0.576. The topological polar surface area (TPSA) is 16.1 Å². The van der Waals surface area contributed by atoms with Gasteiger partial charge >= 0.3 is 0 Å². The molecular formula is C8H11N2. The maximum atomic E-state index is 4.17. The predicted octanol–water partition coefficient (Wildman–Crippen LogP) is 1.26. The number of aryl methyl sites for hydroxylation is 1. The lowest BCUT2D eigenvalue weighted by molar-refractivity contribution is 1.05. The fourth-order valence-corrected chi connectivity index (χ4v) is 0.882. The van der Waals surface area contributed by atoms with Gasteiger partial charge in [0.15, 0.2) is 0 Å². The summed E-state index contributed by atoms with van der Waals surface area (Å²) in [6, 6.07) is 4.90. The number of aromatic nitrogens is 1. The van der Waals surface area contributed by atoms with Gasteiger partial charge in [0.1, 0.15) is 5.82 Å². The van der Waals surface area contributed by atoms with E-state index in [4.69, 9.17) is 0 Å². The molecule has 53 valence electrons. The van der Waals surface area contributed by atoms with E-state index in [2.05, 4.69) is 11.1 Å². The number of hydrogen-bond donors (Lipinski definition) is 0. The van der Waals surface area contributed by atoms with Crippen LogP contribution < -0.4 is 4.90 Å². The Morgan fingerprint density at radius 2 is 2.20 bits per heavy atom. The van der Waals surface area contributed by atoms with Crippen LogP contribution in [0.2, 0.25) is 0 Å². The Balaban J connectivity index is 3.03. The summed E-state index contributed by atoms with van der Waals surface area (Å²) in [6.45, 7) is 2.00. The Labute approximate surface area is 61.5 Å². The van der Waals surface area contributed by atoms with Gasteiger partial charge in [0, 0.05) is 20.3 Å². The first kappa shape index (κ1) is 7.06. The van der Waals surface area contributed by atoms with Crippen LogP contribution in [0.15, 0.2) is 12.3 Å². The maximum absolute atomic E-state index is 4.17. The van der Waals surface area contributed by atoms with Gasteiger partial charge in [-0.25, -0.2) is 4.98 Å². The first-order valence-electron chi connectivity index (χ1n) is 3.22. The zero-order chi connectivity index (χ0) is 7.56. The van der Waals surface area contributed by atoms with Crippen molar-refractivity contribution in [2.45, 2.75) is 6.92 Å². The van der Waals surface area contributed by atoms with E-state index in [-0.39, 0.29) is 0 Å². The van der Waals surface area contributed by atoms with Crippen LogP contribution in [-0.4, -0.2) is 19.1 Å². The zero-order valence-corrected chi connectivity index (χ0v) is 6.55. The summed E-state index contributed by atoms with van der Waals surface area (Å²) in [6.07, 6.45) is 1.75. The van der Waals surface area contributed by atoms with Crippen LogP contribution in [-0.2, 0) is 0 Å². The first-order valence-corrected chi connectivity index (χ1v) is 3.22. The molecule has 0 aliphatic heterocycles. The molecule has 1 radical (unpaired) electrons. The Morgan fingerprint density at radius 1 is 1.50 bits per heavy atom. The molecule has 1 heterocycles. The summed E-state index contributed by atoms with van der Waals surface area (Å²) >= 11 is 0. The van der Waals surface area contributed by atoms with Crippen molar-refractivity contribution in [1.82, 2.24) is 4.98 Å². The van der Waals surface area contributed by atoms with Crippen molar-refractivity contribution in [2.24, 2.45) is 0 Å². The van der Waals surface area contributed by atoms with Crippen LogP contribution in [0.3, 0.4) is 0 Å². The molecule has 0 fully saturated rings. The molecule has 1 aromatic heterocycles. The van der Waals surface area contributed by atoms with Gasteiger partial charge in [-0.1, -0.05) is 0 Å². The number of hydrogen-bond acceptors (Lipinski definition) is 2. The molecule has 1 aromatic rings. The molecule has 0 spiro atoms. The fraction of sp³-hybridized carbons (Fsp3) is 0.375. The molecule has 0 bridgehead atoms. The van der Waals surface area contributed by atoms with Gasteiger partial charge in [-0.3, -0.25) is 0 Å². The smallest absolute Gasteiger partial charge is 0.131 e. The second-order valence-corrected chi connectivity index (χ2v) is 2.43. The van der Waals surface area contributed by atoms with Crippen molar-refractivity contribution in [3.05, 3.63) is 23.9 Å². The molecule has 0 aromatic carbocycles. The standard InChI is InChI=1S/C8H11N2/c1-7-5-4-6-9-8(7)10(2)3/h4,6H,1-3H3. The summed E-state index contributed by atoms with van der Waals surface area (Å²) in [4.78, 5) is 6.15. The Bertz CT molecular complexity index is 218. The Morgan fingerprint density at radius 3 is 2.60 bits per heavy atom. The summed E-state index contributed by atoms with van der Waals surface area (Å²) < 4.78 is 0. The highest BCUT2D eigenvalue weighted by Gasteiger charge is 1.98. The third-order valence-corrected chi connectivity index (χ3v) is 1.33. The predicted molar refractivity (Wildman–Crippen MR) is 42.1 cm³/mol. The van der Waals surface area contributed by atoms with E-state index in [0.29, 0.717) is 0 Å². The highest BCUT2D eigenvalue weighted by molar-refractivity contribution is 5.43. The number of anilines is 1. The van der Waals surface area contributed by atoms with Gasteiger partial charge in [-0.15, -0.1) is 0 Å². The van der Waals surface area contributed by atoms with Crippen LogP contribution in [0.25, 0.3) is 0 Å². The highest BCUT2D eigenvalue weighted by atomic mass is 15.1. The summed E-state index contributed by atoms with van der Waals surface area (Å²) in [5, 5.41) is 0. The summed E-state index contributed by atoms with van der Waals surface area (Å²) in [7, 11) is 3.95. The van der Waals surface area contributed by atoms with Gasteiger partial charge in [-0.05, 0) is 24.6 Å². The third-order valence-electron chi connectivity index (χ3n) is 1.33. The normalized spacial score (nSPS) is 9.50. The van der Waals surface area contributed by atoms with Gasteiger partial charge < -0.3 is 4.90 Å². The van der Waals surface area contributed by atoms with E-state index in [1.165, 1.54) is 0 Å². The fourth-order valence-electron chi connectivity index (χ4n) is 0.882. The molecule has 1 rings (SSSR count). The van der Waals surface area contributed by atoms with Gasteiger partial charge in [0.25, 0.3) is 0 Å². The van der Waals surface area contributed by atoms with Crippen molar-refractivity contribution >= 4 is 5.82 Å². The van der Waals surface area contributed by atoms with Crippen molar-refractivity contribution in [3.63, 3.8) is 0 Å². The molecule has 0 N–H and O–H groups in total. The lowest BCUT2D eigenvalue weighted by atomic mass is 10.3. The maximum Gasteiger partial charge on any atom is 0.131 e. The van der Waals surface area contributed by atoms with Crippen LogP contribution in [0.4, 0.5) is 5.82 Å². The number of pyridine rings is 1. The lowest BCUT2D eigenvalue weighted by Gasteiger charge is -2.12. The molecule has 0 saturated heterocycles. The molecule has 0 aliphatic rings. The SMILES string of the molecule is Cc1[c]ccnc1N(C)C. The van der Waals surface area contributed by atoms with E-state index in [1.807, 2.05) is 32.0 Å². The zero-order valence-electron chi connectivity index (χ0n) is 6.55. The van der Waals surface area contributed by atoms with E-state index >= 15 is 0 Å². The molecule has 0 atom stereocenters. The van der Waals surface area contributed by atoms with Crippen LogP contribution in [0, 0.1) is 13.0 Å². The number of rotatable bonds is 1. The van der Waals surface area contributed by atoms with Gasteiger partial charge in [0.05, 0.1) is 0 Å². The van der Waals surface area contributed by atoms with Gasteiger partial charge in [-0.2, -0.15) is 0 Å². The van der Waals surface area contributed by atoms with E-state index in [1.54, 1.807) is 6.20 Å². The number of nitrogens with zero attached hydrogens (tertiary/aromatic N) is 2. The largest absolute Gasteiger partial charge is 0.363 e. The average Bonchev–Trinajstić information content (AvgIpc) is 1.88. The Hall–Kier alpha value is -1.05. The monoisotopic (exact) mass is 135 g/mol. The second kappa shape index (κ2) is 2.69. The minimum atomic E-state index is 0.988. The van der Waals surface area contributed by atoms with Crippen molar-refractivity contribution < 1.29 is 0 Å². The second-order valence-electron chi connectivity index (χ2n) is 2.43. The molecule has 2 nitrogen and oxygen atoms in total. The average molecular weight is 135 g/mol. The minimum Gasteiger partial charge on any atom is -0.363 e. The van der Waals surface area contributed by atoms with E-state index < -0.39 is 0 Å². The van der Waals surface area contributed by atoms with Crippen molar-refractivity contribution in [3.8, 4) is 0 Å². The lowest BCUT2D eigenvalue weighted by Crippen LogP contribution is -2.11. The van der Waals surface area contributed by atoms with Crippen molar-refractivity contribution in [1.29, 1.82) is 0 Å². The van der Waals surface area contributed by atoms with Crippen LogP contribution >= 0.6 is 0 Å². The highest BCUT2D eigenvalue weighted by Crippen LogP contribution is 2.10. The van der Waals surface area contributed by atoms with Crippen LogP contribution in [0.1, 0.15) is 5.56 Å². The molecule has 10 heavy (non-hydrogen) atoms. The molecule has 0 aliphatic carbocycles. The molecular weight excluding hydrogens is 124 g/mol. The third kappa shape index (κ3) is 1.26. The van der Waals surface area contributed by atoms with Crippen molar-refractivity contribution in [2.75, 3.05) is 19.0 Å². The van der Waals surface area contributed by atoms with Gasteiger partial charge in [0.2, 0.25) is 0 Å². The molecule has 0 amide bonds. The minimum absolute atomic E-state index is 0.988. The van der Waals surface area contributed by atoms with Crippen LogP contribution in [0.5, 0.6) is 0 Å². The summed E-state index contributed by atoms with van der Waals surface area (Å²) in [5.74, 6) is 0.988. The summed E-state index contributed by atoms with van der Waals surface area (Å²) in [5.41, 5.74) is 1.09. The van der Waals surface area contributed by atoms with E-state index in [9.17, 15) is 0 Å². The first-order chi connectivity index (χ1) is 4.72. The van der Waals surface area contributed by atoms with E-state index in [0.717, 1.165) is 11.4 Å². The molecule has 2 heteroatoms. The Kier molecular flexibility index (Phi) is 1.90.